The summed E-state index contributed by atoms with van der Waals surface area (Å²) in [5, 5.41) is 9.20. The van der Waals surface area contributed by atoms with Gasteiger partial charge in [0.1, 0.15) is 0 Å². The predicted molar refractivity (Wildman–Crippen MR) is 77.5 cm³/mol. The number of unbranched alkanes of at least 4 members (excludes halogenated alkanes) is 1. The second kappa shape index (κ2) is 13.1. The van der Waals surface area contributed by atoms with Crippen molar-refractivity contribution in [1.82, 2.24) is 0 Å². The molecule has 0 aromatic heterocycles. The van der Waals surface area contributed by atoms with Crippen LogP contribution in [0.3, 0.4) is 0 Å². The summed E-state index contributed by atoms with van der Waals surface area (Å²) in [6, 6.07) is 7.40. The molecule has 0 atom stereocenters. The van der Waals surface area contributed by atoms with E-state index in [9.17, 15) is 0 Å². The Morgan fingerprint density at radius 2 is 1.65 bits per heavy atom. The van der Waals surface area contributed by atoms with Crippen molar-refractivity contribution in [3.8, 4) is 6.07 Å². The van der Waals surface area contributed by atoms with Gasteiger partial charge in [0.15, 0.2) is 0 Å². The van der Waals surface area contributed by atoms with Crippen molar-refractivity contribution >= 4 is 11.6 Å². The Labute approximate surface area is 111 Å². The molecule has 0 heterocycles. The van der Waals surface area contributed by atoms with E-state index in [1.54, 1.807) is 12.1 Å². The molecule has 96 valence electrons. The zero-order chi connectivity index (χ0) is 13.7. The van der Waals surface area contributed by atoms with E-state index in [-0.39, 0.29) is 0 Å². The van der Waals surface area contributed by atoms with Crippen LogP contribution in [0.1, 0.15) is 58.6 Å². The van der Waals surface area contributed by atoms with Gasteiger partial charge in [0, 0.05) is 5.02 Å². The highest BCUT2D eigenvalue weighted by atomic mass is 35.5. The summed E-state index contributed by atoms with van der Waals surface area (Å²) in [7, 11) is 0. The number of halogens is 1. The maximum atomic E-state index is 8.52. The molecule has 0 unspecified atom stereocenters. The van der Waals surface area contributed by atoms with Gasteiger partial charge in [-0.1, -0.05) is 65.1 Å². The fourth-order valence-electron chi connectivity index (χ4n) is 0.904. The van der Waals surface area contributed by atoms with E-state index in [2.05, 4.69) is 13.8 Å². The molecule has 0 saturated carbocycles. The predicted octanol–water partition coefficient (Wildman–Crippen LogP) is 5.61. The zero-order valence-electron chi connectivity index (χ0n) is 11.7. The van der Waals surface area contributed by atoms with Gasteiger partial charge in [-0.05, 0) is 24.1 Å². The number of hydrogen-bond acceptors (Lipinski definition) is 1. The van der Waals surface area contributed by atoms with Gasteiger partial charge in [-0.2, -0.15) is 5.26 Å². The van der Waals surface area contributed by atoms with Crippen molar-refractivity contribution < 1.29 is 0 Å². The minimum absolute atomic E-state index is 0.618. The minimum Gasteiger partial charge on any atom is -0.192 e. The molecular weight excluding hydrogens is 230 g/mol. The largest absolute Gasteiger partial charge is 0.192 e. The third-order valence-corrected chi connectivity index (χ3v) is 2.41. The molecule has 1 rings (SSSR count). The van der Waals surface area contributed by atoms with Crippen LogP contribution in [0.2, 0.25) is 5.02 Å². The SMILES string of the molecule is CC.CCCC.CCc1ccc(C#N)cc1Cl. The van der Waals surface area contributed by atoms with Crippen LogP contribution >= 0.6 is 11.6 Å². The zero-order valence-corrected chi connectivity index (χ0v) is 12.4. The number of aryl methyl sites for hydroxylation is 1. The van der Waals surface area contributed by atoms with E-state index in [4.69, 9.17) is 16.9 Å². The smallest absolute Gasteiger partial charge is 0.0992 e. The summed E-state index contributed by atoms with van der Waals surface area (Å²) in [6.07, 6.45) is 3.55. The number of nitriles is 1. The molecule has 1 nitrogen and oxygen atoms in total. The van der Waals surface area contributed by atoms with Gasteiger partial charge >= 0.3 is 0 Å². The lowest BCUT2D eigenvalue weighted by molar-refractivity contribution is 0.886. The Morgan fingerprint density at radius 3 is 1.94 bits per heavy atom. The van der Waals surface area contributed by atoms with Crippen LogP contribution in [0.25, 0.3) is 0 Å². The molecule has 0 amide bonds. The second-order valence-electron chi connectivity index (χ2n) is 3.27. The molecule has 0 bridgehead atoms. The van der Waals surface area contributed by atoms with Gasteiger partial charge in [0.2, 0.25) is 0 Å². The lowest BCUT2D eigenvalue weighted by atomic mass is 10.1. The summed E-state index contributed by atoms with van der Waals surface area (Å²) >= 11 is 5.86. The highest BCUT2D eigenvalue weighted by Crippen LogP contribution is 2.17. The van der Waals surface area contributed by atoms with Crippen LogP contribution in [0.4, 0.5) is 0 Å². The first-order valence-corrected chi connectivity index (χ1v) is 6.75. The van der Waals surface area contributed by atoms with Crippen molar-refractivity contribution in [2.45, 2.75) is 53.9 Å². The Hall–Kier alpha value is -1.00. The Morgan fingerprint density at radius 1 is 1.12 bits per heavy atom. The number of benzene rings is 1. The summed E-state index contributed by atoms with van der Waals surface area (Å²) in [5.41, 5.74) is 1.71. The van der Waals surface area contributed by atoms with Gasteiger partial charge < -0.3 is 0 Å². The molecule has 1 aromatic rings. The van der Waals surface area contributed by atoms with Crippen molar-refractivity contribution in [2.75, 3.05) is 0 Å². The number of nitrogens with zero attached hydrogens (tertiary/aromatic N) is 1. The summed E-state index contributed by atoms with van der Waals surface area (Å²) in [4.78, 5) is 0. The Bertz CT molecular complexity index is 324. The number of hydrogen-bond donors (Lipinski definition) is 0. The topological polar surface area (TPSA) is 23.8 Å². The molecule has 0 N–H and O–H groups in total. The van der Waals surface area contributed by atoms with E-state index in [1.165, 1.54) is 12.8 Å². The minimum atomic E-state index is 0.618. The summed E-state index contributed by atoms with van der Waals surface area (Å²) < 4.78 is 0. The van der Waals surface area contributed by atoms with Crippen LogP contribution in [-0.4, -0.2) is 0 Å². The average molecular weight is 254 g/mol. The van der Waals surface area contributed by atoms with Crippen LogP contribution < -0.4 is 0 Å². The van der Waals surface area contributed by atoms with E-state index in [1.807, 2.05) is 32.9 Å². The van der Waals surface area contributed by atoms with Crippen molar-refractivity contribution in [1.29, 1.82) is 5.26 Å². The van der Waals surface area contributed by atoms with Gasteiger partial charge in [0.05, 0.1) is 11.6 Å². The fraction of sp³-hybridized carbons (Fsp3) is 0.533. The Balaban J connectivity index is 0. The van der Waals surface area contributed by atoms with Gasteiger partial charge in [-0.3, -0.25) is 0 Å². The molecule has 17 heavy (non-hydrogen) atoms. The van der Waals surface area contributed by atoms with Crippen LogP contribution in [0, 0.1) is 11.3 Å². The van der Waals surface area contributed by atoms with Crippen molar-refractivity contribution in [3.63, 3.8) is 0 Å². The maximum absolute atomic E-state index is 8.52. The highest BCUT2D eigenvalue weighted by molar-refractivity contribution is 6.31. The molecular formula is C15H24ClN. The Kier molecular flexibility index (Phi) is 14.1. The summed E-state index contributed by atoms with van der Waals surface area (Å²) in [6.45, 7) is 10.4. The van der Waals surface area contributed by atoms with E-state index in [0.29, 0.717) is 10.6 Å². The lowest BCUT2D eigenvalue weighted by Gasteiger charge is -1.98. The first kappa shape index (κ1) is 18.4. The van der Waals surface area contributed by atoms with Crippen molar-refractivity contribution in [2.24, 2.45) is 0 Å². The van der Waals surface area contributed by atoms with Crippen LogP contribution in [-0.2, 0) is 6.42 Å². The monoisotopic (exact) mass is 253 g/mol. The molecule has 0 aliphatic rings. The third kappa shape index (κ3) is 8.77. The lowest BCUT2D eigenvalue weighted by Crippen LogP contribution is -1.82. The second-order valence-corrected chi connectivity index (χ2v) is 3.68. The van der Waals surface area contributed by atoms with Gasteiger partial charge in [0.25, 0.3) is 0 Å². The third-order valence-electron chi connectivity index (χ3n) is 2.06. The van der Waals surface area contributed by atoms with Crippen LogP contribution in [0.5, 0.6) is 0 Å². The molecule has 0 spiro atoms. The van der Waals surface area contributed by atoms with E-state index >= 15 is 0 Å². The van der Waals surface area contributed by atoms with Crippen molar-refractivity contribution in [3.05, 3.63) is 34.3 Å². The average Bonchev–Trinajstić information content (AvgIpc) is 2.41. The van der Waals surface area contributed by atoms with E-state index < -0.39 is 0 Å². The van der Waals surface area contributed by atoms with Crippen LogP contribution in [0.15, 0.2) is 18.2 Å². The molecule has 0 aliphatic carbocycles. The normalized spacial score (nSPS) is 8.06. The first-order valence-electron chi connectivity index (χ1n) is 6.38. The molecule has 0 fully saturated rings. The quantitative estimate of drug-likeness (QED) is 0.672. The highest BCUT2D eigenvalue weighted by Gasteiger charge is 1.97. The molecule has 2 heteroatoms. The fourth-order valence-corrected chi connectivity index (χ4v) is 1.22. The molecule has 0 saturated heterocycles. The standard InChI is InChI=1S/C9H8ClN.C4H10.C2H6/c1-2-8-4-3-7(6-11)5-9(8)10;1-3-4-2;1-2/h3-5H,2H2,1H3;3-4H2,1-2H3;1-2H3. The van der Waals surface area contributed by atoms with Gasteiger partial charge in [-0.25, -0.2) is 0 Å². The molecule has 0 radical (unpaired) electrons. The molecule has 1 aromatic carbocycles. The molecule has 0 aliphatic heterocycles. The first-order chi connectivity index (χ1) is 8.19. The summed E-state index contributed by atoms with van der Waals surface area (Å²) in [5.74, 6) is 0. The number of rotatable bonds is 2. The van der Waals surface area contributed by atoms with E-state index in [0.717, 1.165) is 12.0 Å². The van der Waals surface area contributed by atoms with Gasteiger partial charge in [-0.15, -0.1) is 0 Å². The maximum Gasteiger partial charge on any atom is 0.0992 e.